The van der Waals surface area contributed by atoms with Gasteiger partial charge in [-0.05, 0) is 40.0 Å². The summed E-state index contributed by atoms with van der Waals surface area (Å²) in [7, 11) is 0. The van der Waals surface area contributed by atoms with Crippen molar-refractivity contribution in [3.63, 3.8) is 0 Å². The summed E-state index contributed by atoms with van der Waals surface area (Å²) < 4.78 is 5.92. The molecule has 26 heavy (non-hydrogen) atoms. The lowest BCUT2D eigenvalue weighted by molar-refractivity contribution is -0.0591. The third-order valence-corrected chi connectivity index (χ3v) is 7.73. The fourth-order valence-electron chi connectivity index (χ4n) is 5.98. The van der Waals surface area contributed by atoms with E-state index in [9.17, 15) is 9.59 Å². The van der Waals surface area contributed by atoms with Gasteiger partial charge in [-0.3, -0.25) is 4.90 Å². The van der Waals surface area contributed by atoms with Crippen LogP contribution in [0.4, 0.5) is 9.59 Å². The monoisotopic (exact) mass is 365 g/mol. The summed E-state index contributed by atoms with van der Waals surface area (Å²) in [6.07, 6.45) is 4.20. The molecule has 3 heterocycles. The Hall–Kier alpha value is -1.50. The molecule has 0 bridgehead atoms. The zero-order valence-electron chi connectivity index (χ0n) is 16.2. The minimum absolute atomic E-state index is 0.172. The van der Waals surface area contributed by atoms with Crippen LogP contribution in [-0.2, 0) is 4.74 Å². The van der Waals surface area contributed by atoms with Crippen molar-refractivity contribution >= 4 is 12.2 Å². The first-order chi connectivity index (χ1) is 12.2. The number of carbonyl (C=O) groups is 2. The van der Waals surface area contributed by atoms with Gasteiger partial charge >= 0.3 is 12.2 Å². The molecule has 7 heteroatoms. The molecule has 146 valence electrons. The molecule has 7 nitrogen and oxygen atoms in total. The summed E-state index contributed by atoms with van der Waals surface area (Å²) in [5.74, 6) is 0. The number of likely N-dealkylation sites (N-methyl/N-ethyl adjacent to an activating group) is 1. The van der Waals surface area contributed by atoms with Gasteiger partial charge in [0.2, 0.25) is 0 Å². The lowest BCUT2D eigenvalue weighted by Gasteiger charge is -2.49. The van der Waals surface area contributed by atoms with Gasteiger partial charge in [0.1, 0.15) is 5.60 Å². The Balaban J connectivity index is 1.37. The molecule has 4 aliphatic rings. The molecule has 0 aromatic heterocycles. The molecular formula is C19H31N3O4. The van der Waals surface area contributed by atoms with E-state index in [2.05, 4.69) is 18.7 Å². The van der Waals surface area contributed by atoms with Gasteiger partial charge in [0, 0.05) is 57.0 Å². The second-order valence-electron chi connectivity index (χ2n) is 9.24. The van der Waals surface area contributed by atoms with Crippen molar-refractivity contribution in [2.45, 2.75) is 70.1 Å². The number of likely N-dealkylation sites (tertiary alicyclic amines) is 2. The molecule has 0 aromatic carbocycles. The first kappa shape index (κ1) is 17.9. The lowest BCUT2D eigenvalue weighted by atomic mass is 9.75. The van der Waals surface area contributed by atoms with Crippen molar-refractivity contribution in [1.82, 2.24) is 14.7 Å². The maximum absolute atomic E-state index is 12.3. The average Bonchev–Trinajstić information content (AvgIpc) is 3.06. The Kier molecular flexibility index (Phi) is 3.95. The van der Waals surface area contributed by atoms with Gasteiger partial charge in [0.05, 0.1) is 5.54 Å². The van der Waals surface area contributed by atoms with E-state index in [4.69, 9.17) is 9.84 Å². The largest absolute Gasteiger partial charge is 0.465 e. The molecule has 4 fully saturated rings. The number of nitrogens with zero attached hydrogens (tertiary/aromatic N) is 3. The molecule has 1 N–H and O–H groups in total. The van der Waals surface area contributed by atoms with Crippen LogP contribution < -0.4 is 0 Å². The van der Waals surface area contributed by atoms with Crippen LogP contribution in [0.15, 0.2) is 0 Å². The smallest absolute Gasteiger partial charge is 0.410 e. The van der Waals surface area contributed by atoms with E-state index in [1.807, 2.05) is 11.8 Å². The van der Waals surface area contributed by atoms with E-state index in [-0.39, 0.29) is 22.6 Å². The SMILES string of the molecule is CCN1C(=O)OC2(CCN(C3CCC4(C3)CN(C(=O)O)C4)CC2)C1(C)C. The third-order valence-electron chi connectivity index (χ3n) is 7.73. The number of hydrogen-bond acceptors (Lipinski definition) is 4. The van der Waals surface area contributed by atoms with Crippen LogP contribution in [0.5, 0.6) is 0 Å². The average molecular weight is 365 g/mol. The number of amides is 2. The Bertz CT molecular complexity index is 606. The molecule has 2 amide bonds. The van der Waals surface area contributed by atoms with Crippen molar-refractivity contribution in [2.24, 2.45) is 5.41 Å². The van der Waals surface area contributed by atoms with Gasteiger partial charge in [-0.25, -0.2) is 9.59 Å². The van der Waals surface area contributed by atoms with Crippen molar-refractivity contribution in [3.05, 3.63) is 0 Å². The Morgan fingerprint density at radius 2 is 1.88 bits per heavy atom. The highest BCUT2D eigenvalue weighted by molar-refractivity contribution is 5.72. The van der Waals surface area contributed by atoms with E-state index in [0.717, 1.165) is 45.2 Å². The molecular weight excluding hydrogens is 334 g/mol. The van der Waals surface area contributed by atoms with E-state index in [1.165, 1.54) is 4.90 Å². The van der Waals surface area contributed by atoms with Crippen LogP contribution in [0, 0.1) is 5.41 Å². The number of hydrogen-bond donors (Lipinski definition) is 1. The van der Waals surface area contributed by atoms with Crippen molar-refractivity contribution in [1.29, 1.82) is 0 Å². The summed E-state index contributed by atoms with van der Waals surface area (Å²) in [5.41, 5.74) is -0.419. The zero-order chi connectivity index (χ0) is 18.7. The predicted octanol–water partition coefficient (Wildman–Crippen LogP) is 2.60. The third kappa shape index (κ3) is 2.42. The standard InChI is InChI=1S/C19H31N3O4/c1-4-22-16(25)26-19(17(22,2)3)7-9-20(10-8-19)14-5-6-18(11-14)12-21(13-18)15(23)24/h14H,4-13H2,1-3H3,(H,23,24). The van der Waals surface area contributed by atoms with E-state index in [0.29, 0.717) is 25.7 Å². The number of carbonyl (C=O) groups excluding carboxylic acids is 1. The highest BCUT2D eigenvalue weighted by Gasteiger charge is 2.60. The molecule has 0 aromatic rings. The highest BCUT2D eigenvalue weighted by atomic mass is 16.6. The molecule has 1 aliphatic carbocycles. The van der Waals surface area contributed by atoms with Crippen molar-refractivity contribution in [2.75, 3.05) is 32.7 Å². The fraction of sp³-hybridized carbons (Fsp3) is 0.895. The number of piperidine rings is 1. The Morgan fingerprint density at radius 3 is 2.42 bits per heavy atom. The van der Waals surface area contributed by atoms with Crippen molar-refractivity contribution < 1.29 is 19.4 Å². The first-order valence-corrected chi connectivity index (χ1v) is 9.95. The molecule has 4 rings (SSSR count). The van der Waals surface area contributed by atoms with Crippen LogP contribution in [0.2, 0.25) is 0 Å². The number of ether oxygens (including phenoxy) is 1. The summed E-state index contributed by atoms with van der Waals surface area (Å²) in [6, 6.07) is 0.547. The summed E-state index contributed by atoms with van der Waals surface area (Å²) >= 11 is 0. The molecule has 1 unspecified atom stereocenters. The second kappa shape index (κ2) is 5.75. The molecule has 2 spiro atoms. The molecule has 3 aliphatic heterocycles. The van der Waals surface area contributed by atoms with Crippen LogP contribution in [0.1, 0.15) is 52.9 Å². The van der Waals surface area contributed by atoms with Gasteiger partial charge < -0.3 is 19.6 Å². The van der Waals surface area contributed by atoms with Crippen LogP contribution in [0.25, 0.3) is 0 Å². The molecule has 1 atom stereocenters. The van der Waals surface area contributed by atoms with E-state index >= 15 is 0 Å². The topological polar surface area (TPSA) is 73.3 Å². The van der Waals surface area contributed by atoms with E-state index < -0.39 is 6.09 Å². The number of carboxylic acid groups (broad SMARTS) is 1. The molecule has 1 saturated carbocycles. The zero-order valence-corrected chi connectivity index (χ0v) is 16.2. The summed E-state index contributed by atoms with van der Waals surface area (Å²) in [5, 5.41) is 9.09. The van der Waals surface area contributed by atoms with Gasteiger partial charge in [0.25, 0.3) is 0 Å². The van der Waals surface area contributed by atoms with Crippen LogP contribution in [-0.4, -0.2) is 81.9 Å². The van der Waals surface area contributed by atoms with E-state index in [1.54, 1.807) is 0 Å². The first-order valence-electron chi connectivity index (χ1n) is 9.95. The number of rotatable bonds is 2. The molecule has 3 saturated heterocycles. The normalized spacial score (nSPS) is 32.1. The minimum atomic E-state index is -0.787. The maximum atomic E-state index is 12.3. The predicted molar refractivity (Wildman–Crippen MR) is 96.1 cm³/mol. The van der Waals surface area contributed by atoms with Crippen LogP contribution >= 0.6 is 0 Å². The van der Waals surface area contributed by atoms with Gasteiger partial charge in [-0.15, -0.1) is 0 Å². The Labute approximate surface area is 155 Å². The minimum Gasteiger partial charge on any atom is -0.465 e. The summed E-state index contributed by atoms with van der Waals surface area (Å²) in [4.78, 5) is 29.3. The quantitative estimate of drug-likeness (QED) is 0.814. The van der Waals surface area contributed by atoms with Crippen LogP contribution in [0.3, 0.4) is 0 Å². The maximum Gasteiger partial charge on any atom is 0.410 e. The van der Waals surface area contributed by atoms with Crippen molar-refractivity contribution in [3.8, 4) is 0 Å². The highest BCUT2D eigenvalue weighted by Crippen LogP contribution is 2.50. The second-order valence-corrected chi connectivity index (χ2v) is 9.24. The fourth-order valence-corrected chi connectivity index (χ4v) is 5.98. The Morgan fingerprint density at radius 1 is 1.23 bits per heavy atom. The summed E-state index contributed by atoms with van der Waals surface area (Å²) in [6.45, 7) is 10.3. The molecule has 0 radical (unpaired) electrons. The van der Waals surface area contributed by atoms with Gasteiger partial charge in [-0.2, -0.15) is 0 Å². The lowest BCUT2D eigenvalue weighted by Crippen LogP contribution is -2.60. The van der Waals surface area contributed by atoms with Gasteiger partial charge in [0.15, 0.2) is 0 Å². The van der Waals surface area contributed by atoms with Gasteiger partial charge in [-0.1, -0.05) is 0 Å².